The van der Waals surface area contributed by atoms with Crippen LogP contribution >= 0.6 is 0 Å². The van der Waals surface area contributed by atoms with Crippen LogP contribution in [0.25, 0.3) is 0 Å². The first-order valence-electron chi connectivity index (χ1n) is 7.30. The largest absolute Gasteiger partial charge is 0.484 e. The molecule has 2 aromatic carbocycles. The third-order valence-electron chi connectivity index (χ3n) is 3.06. The minimum Gasteiger partial charge on any atom is -0.484 e. The third kappa shape index (κ3) is 5.56. The van der Waals surface area contributed by atoms with Gasteiger partial charge in [0.15, 0.2) is 12.4 Å². The van der Waals surface area contributed by atoms with E-state index >= 15 is 0 Å². The Labute approximate surface area is 135 Å². The van der Waals surface area contributed by atoms with Gasteiger partial charge < -0.3 is 15.0 Å². The predicted octanol–water partition coefficient (Wildman–Crippen LogP) is 2.45. The van der Waals surface area contributed by atoms with E-state index in [0.29, 0.717) is 23.5 Å². The number of hydrogen-bond acceptors (Lipinski definition) is 4. The van der Waals surface area contributed by atoms with Gasteiger partial charge in [0.05, 0.1) is 6.54 Å². The summed E-state index contributed by atoms with van der Waals surface area (Å²) in [7, 11) is 3.69. The number of nitrogens with zero attached hydrogens (tertiary/aromatic N) is 1. The van der Waals surface area contributed by atoms with E-state index < -0.39 is 0 Å². The Hall–Kier alpha value is -2.66. The summed E-state index contributed by atoms with van der Waals surface area (Å²) < 4.78 is 5.37. The van der Waals surface area contributed by atoms with Crippen LogP contribution in [0.4, 0.5) is 5.69 Å². The molecule has 0 radical (unpaired) electrons. The highest BCUT2D eigenvalue weighted by Crippen LogP contribution is 2.11. The molecule has 5 nitrogen and oxygen atoms in total. The highest BCUT2D eigenvalue weighted by atomic mass is 16.5. The lowest BCUT2D eigenvalue weighted by Gasteiger charge is -2.10. The Morgan fingerprint density at radius 2 is 1.65 bits per heavy atom. The fourth-order valence-electron chi connectivity index (χ4n) is 1.98. The summed E-state index contributed by atoms with van der Waals surface area (Å²) in [6, 6.07) is 16.0. The van der Waals surface area contributed by atoms with Crippen LogP contribution in [0.2, 0.25) is 0 Å². The van der Waals surface area contributed by atoms with Gasteiger partial charge in [-0.05, 0) is 50.5 Å². The topological polar surface area (TPSA) is 58.6 Å². The SMILES string of the molecule is CN(C)CC(=O)c1ccc(NC(=O)COc2ccccc2)cc1. The van der Waals surface area contributed by atoms with Crippen LogP contribution in [0.1, 0.15) is 10.4 Å². The highest BCUT2D eigenvalue weighted by Gasteiger charge is 2.08. The van der Waals surface area contributed by atoms with Gasteiger partial charge >= 0.3 is 0 Å². The lowest BCUT2D eigenvalue weighted by Crippen LogP contribution is -2.22. The molecule has 0 fully saturated rings. The minimum absolute atomic E-state index is 0.0419. The zero-order valence-corrected chi connectivity index (χ0v) is 13.3. The van der Waals surface area contributed by atoms with E-state index in [1.807, 2.05) is 37.2 Å². The molecule has 120 valence electrons. The Balaban J connectivity index is 1.85. The van der Waals surface area contributed by atoms with Gasteiger partial charge in [-0.15, -0.1) is 0 Å². The van der Waals surface area contributed by atoms with Crippen LogP contribution < -0.4 is 10.1 Å². The van der Waals surface area contributed by atoms with Crippen molar-refractivity contribution < 1.29 is 14.3 Å². The van der Waals surface area contributed by atoms with Gasteiger partial charge in [0.1, 0.15) is 5.75 Å². The van der Waals surface area contributed by atoms with Crippen molar-refractivity contribution in [2.24, 2.45) is 0 Å². The maximum atomic E-state index is 11.9. The summed E-state index contributed by atoms with van der Waals surface area (Å²) in [6.45, 7) is 0.294. The quantitative estimate of drug-likeness (QED) is 0.798. The monoisotopic (exact) mass is 312 g/mol. The summed E-state index contributed by atoms with van der Waals surface area (Å²) in [5, 5.41) is 2.73. The van der Waals surface area contributed by atoms with E-state index in [-0.39, 0.29) is 18.3 Å². The standard InChI is InChI=1S/C18H20N2O3/c1-20(2)12-17(21)14-8-10-15(11-9-14)19-18(22)13-23-16-6-4-3-5-7-16/h3-11H,12-13H2,1-2H3,(H,19,22). The number of anilines is 1. The first-order chi connectivity index (χ1) is 11.0. The number of rotatable bonds is 7. The predicted molar refractivity (Wildman–Crippen MR) is 89.9 cm³/mol. The first-order valence-corrected chi connectivity index (χ1v) is 7.30. The van der Waals surface area contributed by atoms with Crippen LogP contribution in [-0.2, 0) is 4.79 Å². The molecule has 0 aromatic heterocycles. The molecule has 0 spiro atoms. The van der Waals surface area contributed by atoms with E-state index in [1.165, 1.54) is 0 Å². The summed E-state index contributed by atoms with van der Waals surface area (Å²) >= 11 is 0. The molecule has 2 aromatic rings. The summed E-state index contributed by atoms with van der Waals surface area (Å²) in [6.07, 6.45) is 0. The van der Waals surface area contributed by atoms with Crippen molar-refractivity contribution >= 4 is 17.4 Å². The average Bonchev–Trinajstić information content (AvgIpc) is 2.54. The second-order valence-electron chi connectivity index (χ2n) is 5.39. The zero-order valence-electron chi connectivity index (χ0n) is 13.3. The van der Waals surface area contributed by atoms with E-state index in [0.717, 1.165) is 0 Å². The number of ketones is 1. The van der Waals surface area contributed by atoms with E-state index in [2.05, 4.69) is 5.32 Å². The number of para-hydroxylation sites is 1. The van der Waals surface area contributed by atoms with Crippen LogP contribution in [0.5, 0.6) is 5.75 Å². The smallest absolute Gasteiger partial charge is 0.262 e. The number of ether oxygens (including phenoxy) is 1. The molecule has 0 heterocycles. The number of amides is 1. The maximum Gasteiger partial charge on any atom is 0.262 e. The van der Waals surface area contributed by atoms with Crippen molar-refractivity contribution in [2.75, 3.05) is 32.6 Å². The van der Waals surface area contributed by atoms with Crippen molar-refractivity contribution in [1.29, 1.82) is 0 Å². The average molecular weight is 312 g/mol. The molecular weight excluding hydrogens is 292 g/mol. The summed E-state index contributed by atoms with van der Waals surface area (Å²) in [5.74, 6) is 0.439. The van der Waals surface area contributed by atoms with E-state index in [9.17, 15) is 9.59 Å². The van der Waals surface area contributed by atoms with Gasteiger partial charge in [0, 0.05) is 11.3 Å². The van der Waals surface area contributed by atoms with Gasteiger partial charge in [-0.1, -0.05) is 18.2 Å². The Morgan fingerprint density at radius 1 is 1.00 bits per heavy atom. The highest BCUT2D eigenvalue weighted by molar-refractivity contribution is 5.98. The van der Waals surface area contributed by atoms with Crippen LogP contribution in [0.15, 0.2) is 54.6 Å². The normalized spacial score (nSPS) is 10.4. The maximum absolute atomic E-state index is 11.9. The molecule has 0 saturated carbocycles. The minimum atomic E-state index is -0.249. The van der Waals surface area contributed by atoms with Crippen molar-refractivity contribution in [2.45, 2.75) is 0 Å². The molecule has 0 aliphatic rings. The number of benzene rings is 2. The Kier molecular flexibility index (Phi) is 5.88. The molecular formula is C18H20N2O3. The second-order valence-corrected chi connectivity index (χ2v) is 5.39. The molecule has 0 aliphatic carbocycles. The van der Waals surface area contributed by atoms with E-state index in [4.69, 9.17) is 4.74 Å². The number of carbonyl (C=O) groups excluding carboxylic acids is 2. The first kappa shape index (κ1) is 16.7. The van der Waals surface area contributed by atoms with Gasteiger partial charge in [-0.2, -0.15) is 0 Å². The third-order valence-corrected chi connectivity index (χ3v) is 3.06. The fraction of sp³-hybridized carbons (Fsp3) is 0.222. The summed E-state index contributed by atoms with van der Waals surface area (Å²) in [4.78, 5) is 25.6. The van der Waals surface area contributed by atoms with Crippen LogP contribution in [0.3, 0.4) is 0 Å². The molecule has 2 rings (SSSR count). The van der Waals surface area contributed by atoms with Crippen molar-refractivity contribution in [3.63, 3.8) is 0 Å². The van der Waals surface area contributed by atoms with Crippen molar-refractivity contribution in [1.82, 2.24) is 4.90 Å². The molecule has 23 heavy (non-hydrogen) atoms. The van der Waals surface area contributed by atoms with Gasteiger partial charge in [-0.3, -0.25) is 9.59 Å². The second kappa shape index (κ2) is 8.10. The number of carbonyl (C=O) groups is 2. The van der Waals surface area contributed by atoms with Crippen molar-refractivity contribution in [3.8, 4) is 5.75 Å². The van der Waals surface area contributed by atoms with E-state index in [1.54, 1.807) is 36.4 Å². The Bertz CT molecular complexity index is 652. The van der Waals surface area contributed by atoms with Crippen LogP contribution in [-0.4, -0.2) is 43.8 Å². The summed E-state index contributed by atoms with van der Waals surface area (Å²) in [5.41, 5.74) is 1.25. The number of likely N-dealkylation sites (N-methyl/N-ethyl adjacent to an activating group) is 1. The Morgan fingerprint density at radius 3 is 2.26 bits per heavy atom. The lowest BCUT2D eigenvalue weighted by molar-refractivity contribution is -0.118. The van der Waals surface area contributed by atoms with Gasteiger partial charge in [0.25, 0.3) is 5.91 Å². The molecule has 1 N–H and O–H groups in total. The fourth-order valence-corrected chi connectivity index (χ4v) is 1.98. The molecule has 5 heteroatoms. The molecule has 0 unspecified atom stereocenters. The molecule has 0 aliphatic heterocycles. The molecule has 1 amide bonds. The van der Waals surface area contributed by atoms with Crippen molar-refractivity contribution in [3.05, 3.63) is 60.2 Å². The number of Topliss-reactive ketones (excluding diaryl/α,β-unsaturated/α-hetero) is 1. The molecule has 0 bridgehead atoms. The number of hydrogen-bond donors (Lipinski definition) is 1. The zero-order chi connectivity index (χ0) is 16.7. The molecule has 0 atom stereocenters. The molecule has 0 saturated heterocycles. The van der Waals surface area contributed by atoms with Crippen LogP contribution in [0, 0.1) is 0 Å². The van der Waals surface area contributed by atoms with Gasteiger partial charge in [0.2, 0.25) is 0 Å². The number of nitrogens with one attached hydrogen (secondary N) is 1. The van der Waals surface area contributed by atoms with Gasteiger partial charge in [-0.25, -0.2) is 0 Å². The lowest BCUT2D eigenvalue weighted by atomic mass is 10.1.